The van der Waals surface area contributed by atoms with Crippen LogP contribution in [0.1, 0.15) is 22.3 Å². The van der Waals surface area contributed by atoms with E-state index in [9.17, 15) is 22.4 Å². The molecule has 2 aromatic rings. The van der Waals surface area contributed by atoms with Crippen LogP contribution < -0.4 is 4.74 Å². The molecule has 0 aliphatic carbocycles. The minimum atomic E-state index is -3.63. The number of esters is 1. The van der Waals surface area contributed by atoms with Gasteiger partial charge in [-0.1, -0.05) is 17.7 Å². The van der Waals surface area contributed by atoms with Crippen LogP contribution in [0.25, 0.3) is 0 Å². The van der Waals surface area contributed by atoms with Gasteiger partial charge in [-0.15, -0.1) is 0 Å². The van der Waals surface area contributed by atoms with Crippen molar-refractivity contribution >= 4 is 21.6 Å². The summed E-state index contributed by atoms with van der Waals surface area (Å²) in [6.45, 7) is 1.23. The summed E-state index contributed by atoms with van der Waals surface area (Å²) < 4.78 is 47.5. The van der Waals surface area contributed by atoms with Gasteiger partial charge in [0.15, 0.2) is 33.8 Å². The van der Waals surface area contributed by atoms with Crippen molar-refractivity contribution in [3.05, 3.63) is 59.4 Å². The number of benzene rings is 2. The summed E-state index contributed by atoms with van der Waals surface area (Å²) in [6.07, 6.45) is -0.388. The van der Waals surface area contributed by atoms with E-state index >= 15 is 0 Å². The molecular formula is C19H19FO6S. The number of methoxy groups -OCH3 is 1. The highest BCUT2D eigenvalue weighted by atomic mass is 32.2. The Morgan fingerprint density at radius 1 is 1.07 bits per heavy atom. The fraction of sp³-hybridized carbons (Fsp3) is 0.263. The number of carbonyl (C=O) groups is 2. The molecule has 0 saturated carbocycles. The highest BCUT2D eigenvalue weighted by Crippen LogP contribution is 2.18. The third-order valence-corrected chi connectivity index (χ3v) is 5.53. The van der Waals surface area contributed by atoms with Crippen molar-refractivity contribution in [1.29, 1.82) is 0 Å². The average molecular weight is 394 g/mol. The molecule has 0 fully saturated rings. The smallest absolute Gasteiger partial charge is 0.307 e. The first-order chi connectivity index (χ1) is 12.7. The number of hydrogen-bond acceptors (Lipinski definition) is 6. The zero-order valence-electron chi connectivity index (χ0n) is 14.9. The van der Waals surface area contributed by atoms with Crippen LogP contribution in [-0.4, -0.2) is 39.6 Å². The van der Waals surface area contributed by atoms with Gasteiger partial charge in [-0.3, -0.25) is 9.59 Å². The van der Waals surface area contributed by atoms with Crippen molar-refractivity contribution in [3.8, 4) is 5.75 Å². The number of sulfone groups is 1. The molecule has 0 aliphatic rings. The number of ketones is 1. The third-order valence-electron chi connectivity index (χ3n) is 3.79. The van der Waals surface area contributed by atoms with Crippen molar-refractivity contribution in [2.75, 3.05) is 19.5 Å². The minimum Gasteiger partial charge on any atom is -0.494 e. The summed E-state index contributed by atoms with van der Waals surface area (Å²) in [5, 5.41) is 0. The predicted molar refractivity (Wildman–Crippen MR) is 96.1 cm³/mol. The maximum absolute atomic E-state index is 13.6. The lowest BCUT2D eigenvalue weighted by Crippen LogP contribution is -2.17. The zero-order chi connectivity index (χ0) is 20.0. The maximum atomic E-state index is 13.6. The first kappa shape index (κ1) is 20.6. The SMILES string of the molecule is COc1ccc(C(=O)COC(=O)CCS(=O)(=O)c2ccc(C)cc2)cc1F. The maximum Gasteiger partial charge on any atom is 0.307 e. The van der Waals surface area contributed by atoms with Gasteiger partial charge in [-0.05, 0) is 37.3 Å². The summed E-state index contributed by atoms with van der Waals surface area (Å²) in [6, 6.07) is 9.89. The van der Waals surface area contributed by atoms with Gasteiger partial charge in [0.25, 0.3) is 0 Å². The second kappa shape index (κ2) is 8.77. The van der Waals surface area contributed by atoms with Crippen molar-refractivity contribution < 1.29 is 31.9 Å². The lowest BCUT2D eigenvalue weighted by Gasteiger charge is -2.07. The van der Waals surface area contributed by atoms with E-state index in [1.54, 1.807) is 12.1 Å². The molecule has 144 valence electrons. The summed E-state index contributed by atoms with van der Waals surface area (Å²) in [5.41, 5.74) is 0.940. The van der Waals surface area contributed by atoms with E-state index in [-0.39, 0.29) is 22.6 Å². The second-order valence-corrected chi connectivity index (χ2v) is 7.92. The number of ether oxygens (including phenoxy) is 2. The third kappa shape index (κ3) is 5.62. The van der Waals surface area contributed by atoms with Crippen LogP contribution in [0.4, 0.5) is 4.39 Å². The predicted octanol–water partition coefficient (Wildman–Crippen LogP) is 2.73. The molecule has 0 saturated heterocycles. The molecule has 0 unspecified atom stereocenters. The van der Waals surface area contributed by atoms with E-state index in [1.807, 2.05) is 6.92 Å². The first-order valence-electron chi connectivity index (χ1n) is 8.05. The fourth-order valence-electron chi connectivity index (χ4n) is 2.22. The number of halogens is 1. The van der Waals surface area contributed by atoms with Crippen molar-refractivity contribution in [3.63, 3.8) is 0 Å². The normalized spacial score (nSPS) is 11.1. The number of Topliss-reactive ketones (excluding diaryl/α,β-unsaturated/α-hetero) is 1. The van der Waals surface area contributed by atoms with Crippen LogP contribution in [0.5, 0.6) is 5.75 Å². The standard InChI is InChI=1S/C19H19FO6S/c1-13-3-6-15(7-4-13)27(23,24)10-9-19(22)26-12-17(21)14-5-8-18(25-2)16(20)11-14/h3-8,11H,9-10,12H2,1-2H3. The van der Waals surface area contributed by atoms with E-state index in [2.05, 4.69) is 0 Å². The Kier molecular flexibility index (Phi) is 6.68. The Hall–Kier alpha value is -2.74. The summed E-state index contributed by atoms with van der Waals surface area (Å²) in [5.74, 6) is -2.58. The molecule has 2 rings (SSSR count). The monoisotopic (exact) mass is 394 g/mol. The Labute approximate surface area is 156 Å². The summed E-state index contributed by atoms with van der Waals surface area (Å²) in [4.78, 5) is 23.8. The molecule has 0 heterocycles. The molecule has 0 bridgehead atoms. The molecule has 0 atom stereocenters. The van der Waals surface area contributed by atoms with E-state index < -0.39 is 39.8 Å². The van der Waals surface area contributed by atoms with E-state index in [0.29, 0.717) is 0 Å². The van der Waals surface area contributed by atoms with E-state index in [4.69, 9.17) is 9.47 Å². The number of rotatable bonds is 8. The fourth-order valence-corrected chi connectivity index (χ4v) is 3.44. The van der Waals surface area contributed by atoms with Crippen LogP contribution in [0.15, 0.2) is 47.4 Å². The highest BCUT2D eigenvalue weighted by molar-refractivity contribution is 7.91. The van der Waals surface area contributed by atoms with Crippen molar-refractivity contribution in [1.82, 2.24) is 0 Å². The van der Waals surface area contributed by atoms with Crippen LogP contribution in [0, 0.1) is 12.7 Å². The number of carbonyl (C=O) groups excluding carboxylic acids is 2. The lowest BCUT2D eigenvalue weighted by molar-refractivity contribution is -0.142. The van der Waals surface area contributed by atoms with Gasteiger partial charge in [0.05, 0.1) is 24.2 Å². The lowest BCUT2D eigenvalue weighted by atomic mass is 10.1. The van der Waals surface area contributed by atoms with Gasteiger partial charge in [0.2, 0.25) is 0 Å². The molecule has 6 nitrogen and oxygen atoms in total. The molecule has 27 heavy (non-hydrogen) atoms. The van der Waals surface area contributed by atoms with Crippen LogP contribution in [0.3, 0.4) is 0 Å². The highest BCUT2D eigenvalue weighted by Gasteiger charge is 2.18. The zero-order valence-corrected chi connectivity index (χ0v) is 15.7. The van der Waals surface area contributed by atoms with Gasteiger partial charge in [0.1, 0.15) is 0 Å². The Balaban J connectivity index is 1.88. The van der Waals surface area contributed by atoms with Gasteiger partial charge in [0, 0.05) is 5.56 Å². The molecule has 8 heteroatoms. The van der Waals surface area contributed by atoms with Gasteiger partial charge >= 0.3 is 5.97 Å². The Morgan fingerprint density at radius 2 is 1.74 bits per heavy atom. The van der Waals surface area contributed by atoms with Crippen LogP contribution in [-0.2, 0) is 19.4 Å². The quantitative estimate of drug-likeness (QED) is 0.505. The topological polar surface area (TPSA) is 86.7 Å². The molecular weight excluding hydrogens is 375 g/mol. The van der Waals surface area contributed by atoms with E-state index in [1.165, 1.54) is 31.4 Å². The number of hydrogen-bond donors (Lipinski definition) is 0. The van der Waals surface area contributed by atoms with Gasteiger partial charge < -0.3 is 9.47 Å². The molecule has 0 aromatic heterocycles. The first-order valence-corrected chi connectivity index (χ1v) is 9.70. The molecule has 0 N–H and O–H groups in total. The van der Waals surface area contributed by atoms with Gasteiger partial charge in [-0.2, -0.15) is 0 Å². The van der Waals surface area contributed by atoms with Crippen LogP contribution in [0.2, 0.25) is 0 Å². The van der Waals surface area contributed by atoms with Crippen molar-refractivity contribution in [2.24, 2.45) is 0 Å². The van der Waals surface area contributed by atoms with Gasteiger partial charge in [-0.25, -0.2) is 12.8 Å². The molecule has 2 aromatic carbocycles. The Bertz CT molecular complexity index is 935. The van der Waals surface area contributed by atoms with Crippen molar-refractivity contribution in [2.45, 2.75) is 18.2 Å². The van der Waals surface area contributed by atoms with Crippen LogP contribution >= 0.6 is 0 Å². The average Bonchev–Trinajstić information content (AvgIpc) is 2.64. The summed E-state index contributed by atoms with van der Waals surface area (Å²) >= 11 is 0. The Morgan fingerprint density at radius 3 is 2.33 bits per heavy atom. The largest absolute Gasteiger partial charge is 0.494 e. The molecule has 0 spiro atoms. The molecule has 0 aliphatic heterocycles. The summed E-state index contributed by atoms with van der Waals surface area (Å²) in [7, 11) is -2.33. The van der Waals surface area contributed by atoms with E-state index in [0.717, 1.165) is 11.6 Å². The number of aryl methyl sites for hydroxylation is 1. The second-order valence-electron chi connectivity index (χ2n) is 5.82. The molecule has 0 radical (unpaired) electrons. The molecule has 0 amide bonds. The minimum absolute atomic E-state index is 0.00939.